The van der Waals surface area contributed by atoms with Crippen LogP contribution in [0.25, 0.3) is 0 Å². The number of carboxylic acids is 1. The molecule has 1 aliphatic carbocycles. The molecule has 3 amide bonds. The van der Waals surface area contributed by atoms with Crippen LogP contribution >= 0.6 is 0 Å². The van der Waals surface area contributed by atoms with E-state index in [4.69, 9.17) is 10.8 Å². The monoisotopic (exact) mass is 365 g/mol. The van der Waals surface area contributed by atoms with Crippen molar-refractivity contribution < 1.29 is 24.3 Å². The Kier molecular flexibility index (Phi) is 7.32. The van der Waals surface area contributed by atoms with Gasteiger partial charge in [0.25, 0.3) is 11.8 Å². The fourth-order valence-corrected chi connectivity index (χ4v) is 3.45. The SMILES string of the molecule is N[C@@H](CCCCNC(=O)C1CCC(CN2C(=O)C=CC2=O)CC1)C(=O)O. The minimum atomic E-state index is -1.00. The Morgan fingerprint density at radius 2 is 1.77 bits per heavy atom. The molecular formula is C18H27N3O5. The van der Waals surface area contributed by atoms with E-state index in [0.717, 1.165) is 25.7 Å². The summed E-state index contributed by atoms with van der Waals surface area (Å²) in [5.74, 6) is -1.25. The van der Waals surface area contributed by atoms with E-state index in [-0.39, 0.29) is 29.6 Å². The quantitative estimate of drug-likeness (QED) is 0.401. The molecule has 0 bridgehead atoms. The molecule has 1 aliphatic heterocycles. The van der Waals surface area contributed by atoms with Gasteiger partial charge in [0.2, 0.25) is 5.91 Å². The molecule has 0 aromatic heterocycles. The highest BCUT2D eigenvalue weighted by Gasteiger charge is 2.31. The lowest BCUT2D eigenvalue weighted by Gasteiger charge is -2.30. The number of carbonyl (C=O) groups excluding carboxylic acids is 3. The third kappa shape index (κ3) is 5.66. The highest BCUT2D eigenvalue weighted by molar-refractivity contribution is 6.12. The number of nitrogens with one attached hydrogen (secondary N) is 1. The molecule has 1 fully saturated rings. The highest BCUT2D eigenvalue weighted by atomic mass is 16.4. The summed E-state index contributed by atoms with van der Waals surface area (Å²) in [6.07, 6.45) is 7.51. The molecule has 144 valence electrons. The van der Waals surface area contributed by atoms with Crippen LogP contribution in [0.4, 0.5) is 0 Å². The van der Waals surface area contributed by atoms with Crippen LogP contribution in [0.15, 0.2) is 12.2 Å². The van der Waals surface area contributed by atoms with E-state index >= 15 is 0 Å². The summed E-state index contributed by atoms with van der Waals surface area (Å²) >= 11 is 0. The number of imide groups is 1. The number of hydrogen-bond donors (Lipinski definition) is 3. The van der Waals surface area contributed by atoms with Gasteiger partial charge in [-0.3, -0.25) is 24.1 Å². The van der Waals surface area contributed by atoms with Crippen LogP contribution in [0.1, 0.15) is 44.9 Å². The summed E-state index contributed by atoms with van der Waals surface area (Å²) in [5.41, 5.74) is 5.43. The van der Waals surface area contributed by atoms with Crippen LogP contribution < -0.4 is 11.1 Å². The van der Waals surface area contributed by atoms with E-state index < -0.39 is 12.0 Å². The number of rotatable bonds is 9. The Morgan fingerprint density at radius 1 is 1.15 bits per heavy atom. The smallest absolute Gasteiger partial charge is 0.320 e. The van der Waals surface area contributed by atoms with Crippen molar-refractivity contribution in [2.45, 2.75) is 51.0 Å². The van der Waals surface area contributed by atoms with Gasteiger partial charge in [0, 0.05) is 31.2 Å². The second kappa shape index (κ2) is 9.47. The topological polar surface area (TPSA) is 130 Å². The van der Waals surface area contributed by atoms with Crippen molar-refractivity contribution in [3.05, 3.63) is 12.2 Å². The van der Waals surface area contributed by atoms with Crippen molar-refractivity contribution in [1.82, 2.24) is 10.2 Å². The summed E-state index contributed by atoms with van der Waals surface area (Å²) in [6, 6.07) is -0.842. The summed E-state index contributed by atoms with van der Waals surface area (Å²) in [4.78, 5) is 47.3. The lowest BCUT2D eigenvalue weighted by atomic mass is 9.81. The number of amides is 3. The van der Waals surface area contributed by atoms with Crippen LogP contribution in [0.3, 0.4) is 0 Å². The van der Waals surface area contributed by atoms with Gasteiger partial charge in [0.15, 0.2) is 0 Å². The van der Waals surface area contributed by atoms with Gasteiger partial charge in [-0.2, -0.15) is 0 Å². The Labute approximate surface area is 152 Å². The second-order valence-electron chi connectivity index (χ2n) is 7.07. The van der Waals surface area contributed by atoms with Gasteiger partial charge >= 0.3 is 5.97 Å². The maximum absolute atomic E-state index is 12.2. The zero-order valence-electron chi connectivity index (χ0n) is 14.9. The summed E-state index contributed by atoms with van der Waals surface area (Å²) < 4.78 is 0. The zero-order valence-corrected chi connectivity index (χ0v) is 14.9. The number of unbranched alkanes of at least 4 members (excludes halogenated alkanes) is 1. The van der Waals surface area contributed by atoms with Crippen molar-refractivity contribution in [3.8, 4) is 0 Å². The van der Waals surface area contributed by atoms with Gasteiger partial charge in [-0.1, -0.05) is 0 Å². The maximum atomic E-state index is 12.2. The predicted molar refractivity (Wildman–Crippen MR) is 93.8 cm³/mol. The van der Waals surface area contributed by atoms with E-state index in [1.807, 2.05) is 0 Å². The molecular weight excluding hydrogens is 338 g/mol. The number of carboxylic acid groups (broad SMARTS) is 1. The average Bonchev–Trinajstić information content (AvgIpc) is 2.93. The minimum absolute atomic E-state index is 0.0287. The van der Waals surface area contributed by atoms with E-state index in [0.29, 0.717) is 32.4 Å². The molecule has 1 atom stereocenters. The summed E-state index contributed by atoms with van der Waals surface area (Å²) in [5, 5.41) is 11.6. The first-order valence-corrected chi connectivity index (χ1v) is 9.18. The Bertz CT molecular complexity index is 563. The average molecular weight is 365 g/mol. The van der Waals surface area contributed by atoms with Gasteiger partial charge in [0.05, 0.1) is 0 Å². The molecule has 8 heteroatoms. The van der Waals surface area contributed by atoms with E-state index in [1.165, 1.54) is 17.1 Å². The highest BCUT2D eigenvalue weighted by Crippen LogP contribution is 2.30. The lowest BCUT2D eigenvalue weighted by molar-refractivity contribution is -0.139. The van der Waals surface area contributed by atoms with Crippen molar-refractivity contribution in [2.75, 3.05) is 13.1 Å². The Balaban J connectivity index is 1.60. The molecule has 8 nitrogen and oxygen atoms in total. The largest absolute Gasteiger partial charge is 0.480 e. The van der Waals surface area contributed by atoms with E-state index in [1.54, 1.807) is 0 Å². The van der Waals surface area contributed by atoms with Crippen molar-refractivity contribution in [3.63, 3.8) is 0 Å². The zero-order chi connectivity index (χ0) is 19.1. The number of hydrogen-bond acceptors (Lipinski definition) is 5. The van der Waals surface area contributed by atoms with Crippen molar-refractivity contribution >= 4 is 23.7 Å². The molecule has 26 heavy (non-hydrogen) atoms. The summed E-state index contributed by atoms with van der Waals surface area (Å²) in [7, 11) is 0. The van der Waals surface area contributed by atoms with Gasteiger partial charge < -0.3 is 16.2 Å². The molecule has 0 saturated heterocycles. The first-order valence-electron chi connectivity index (χ1n) is 9.18. The first kappa shape index (κ1) is 20.1. The van der Waals surface area contributed by atoms with Gasteiger partial charge in [-0.15, -0.1) is 0 Å². The first-order chi connectivity index (χ1) is 12.4. The van der Waals surface area contributed by atoms with E-state index in [9.17, 15) is 19.2 Å². The second-order valence-corrected chi connectivity index (χ2v) is 7.07. The molecule has 2 rings (SSSR count). The molecule has 0 aromatic carbocycles. The lowest BCUT2D eigenvalue weighted by Crippen LogP contribution is -2.38. The molecule has 1 saturated carbocycles. The molecule has 0 unspecified atom stereocenters. The fraction of sp³-hybridized carbons (Fsp3) is 0.667. The van der Waals surface area contributed by atoms with Gasteiger partial charge in [-0.25, -0.2) is 0 Å². The Morgan fingerprint density at radius 3 is 2.35 bits per heavy atom. The summed E-state index contributed by atoms with van der Waals surface area (Å²) in [6.45, 7) is 0.955. The van der Waals surface area contributed by atoms with Gasteiger partial charge in [-0.05, 0) is 50.9 Å². The van der Waals surface area contributed by atoms with Crippen LogP contribution in [0.5, 0.6) is 0 Å². The number of nitrogens with two attached hydrogens (primary N) is 1. The molecule has 4 N–H and O–H groups in total. The van der Waals surface area contributed by atoms with Crippen molar-refractivity contribution in [2.24, 2.45) is 17.6 Å². The van der Waals surface area contributed by atoms with Gasteiger partial charge in [0.1, 0.15) is 6.04 Å². The standard InChI is InChI=1S/C18H27N3O5/c19-14(18(25)26)3-1-2-10-20-17(24)13-6-4-12(5-7-13)11-21-15(22)8-9-16(21)23/h8-9,12-14H,1-7,10-11,19H2,(H,20,24)(H,25,26)/t12?,13?,14-/m0/s1. The van der Waals surface area contributed by atoms with Crippen LogP contribution in [0.2, 0.25) is 0 Å². The molecule has 1 heterocycles. The Hall–Kier alpha value is -2.22. The van der Waals surface area contributed by atoms with Crippen LogP contribution in [-0.2, 0) is 19.2 Å². The number of aliphatic carboxylic acids is 1. The minimum Gasteiger partial charge on any atom is -0.480 e. The molecule has 2 aliphatic rings. The fourth-order valence-electron chi connectivity index (χ4n) is 3.45. The molecule has 0 spiro atoms. The third-order valence-electron chi connectivity index (χ3n) is 5.12. The number of carbonyl (C=O) groups is 4. The van der Waals surface area contributed by atoms with Crippen LogP contribution in [-0.4, -0.2) is 52.8 Å². The maximum Gasteiger partial charge on any atom is 0.320 e. The number of nitrogens with zero attached hydrogens (tertiary/aromatic N) is 1. The molecule has 0 radical (unpaired) electrons. The van der Waals surface area contributed by atoms with Crippen LogP contribution in [0, 0.1) is 11.8 Å². The molecule has 0 aromatic rings. The third-order valence-corrected chi connectivity index (χ3v) is 5.12. The van der Waals surface area contributed by atoms with E-state index in [2.05, 4.69) is 5.32 Å². The van der Waals surface area contributed by atoms with Crippen molar-refractivity contribution in [1.29, 1.82) is 0 Å². The normalized spacial score (nSPS) is 24.0. The predicted octanol–water partition coefficient (Wildman–Crippen LogP) is 0.416.